The minimum absolute atomic E-state index is 0.222. The second-order valence-electron chi connectivity index (χ2n) is 4.42. The first kappa shape index (κ1) is 19.4. The van der Waals surface area contributed by atoms with Crippen molar-refractivity contribution < 1.29 is 9.90 Å². The number of aryl methyl sites for hydroxylation is 1. The standard InChI is InChI=1S/C9H10.C8H8.C3H6O2/c1-3-9-7-5-4-6-8(9)2;1-2-8-6-4-3-5-7-8;1-2-3(4)5/h3-7H,1H2,2H3;2-7H,1H2;2H2,1H3,(H,4,5). The zero-order valence-electron chi connectivity index (χ0n) is 13.3. The van der Waals surface area contributed by atoms with Crippen molar-refractivity contribution in [1.82, 2.24) is 0 Å². The lowest BCUT2D eigenvalue weighted by molar-refractivity contribution is -0.136. The summed E-state index contributed by atoms with van der Waals surface area (Å²) in [5.74, 6) is -0.745. The van der Waals surface area contributed by atoms with E-state index in [1.165, 1.54) is 16.7 Å². The van der Waals surface area contributed by atoms with E-state index >= 15 is 0 Å². The Labute approximate surface area is 133 Å². The molecule has 0 aliphatic rings. The fourth-order valence-corrected chi connectivity index (χ4v) is 1.40. The van der Waals surface area contributed by atoms with Crippen LogP contribution in [0.2, 0.25) is 0 Å². The van der Waals surface area contributed by atoms with Gasteiger partial charge in [-0.15, -0.1) is 0 Å². The first-order valence-corrected chi connectivity index (χ1v) is 7.12. The van der Waals surface area contributed by atoms with E-state index in [9.17, 15) is 4.79 Å². The third-order valence-corrected chi connectivity index (χ3v) is 2.75. The second-order valence-corrected chi connectivity index (χ2v) is 4.42. The first-order valence-electron chi connectivity index (χ1n) is 7.12. The van der Waals surface area contributed by atoms with Crippen LogP contribution in [0.1, 0.15) is 30.0 Å². The van der Waals surface area contributed by atoms with Gasteiger partial charge in [0, 0.05) is 6.42 Å². The first-order chi connectivity index (χ1) is 10.5. The van der Waals surface area contributed by atoms with Crippen LogP contribution in [0, 0.1) is 6.92 Å². The Bertz CT molecular complexity index is 571. The molecule has 116 valence electrons. The van der Waals surface area contributed by atoms with E-state index in [-0.39, 0.29) is 6.42 Å². The van der Waals surface area contributed by atoms with Crippen molar-refractivity contribution >= 4 is 18.1 Å². The number of aliphatic carboxylic acids is 1. The van der Waals surface area contributed by atoms with Gasteiger partial charge in [0.2, 0.25) is 0 Å². The molecule has 0 unspecified atom stereocenters. The third-order valence-electron chi connectivity index (χ3n) is 2.75. The second kappa shape index (κ2) is 12.2. The Morgan fingerprint density at radius 1 is 1.00 bits per heavy atom. The van der Waals surface area contributed by atoms with Gasteiger partial charge in [-0.05, 0) is 23.6 Å². The van der Waals surface area contributed by atoms with Crippen molar-refractivity contribution in [3.8, 4) is 0 Å². The maximum absolute atomic E-state index is 9.37. The van der Waals surface area contributed by atoms with Crippen LogP contribution in [0.3, 0.4) is 0 Å². The van der Waals surface area contributed by atoms with Gasteiger partial charge in [-0.3, -0.25) is 4.79 Å². The Morgan fingerprint density at radius 3 is 1.82 bits per heavy atom. The molecular formula is C20H24O2. The van der Waals surface area contributed by atoms with Crippen molar-refractivity contribution in [1.29, 1.82) is 0 Å². The maximum atomic E-state index is 9.37. The summed E-state index contributed by atoms with van der Waals surface area (Å²) in [4.78, 5) is 9.37. The van der Waals surface area contributed by atoms with Gasteiger partial charge in [-0.25, -0.2) is 0 Å². The van der Waals surface area contributed by atoms with Crippen LogP contribution in [0.4, 0.5) is 0 Å². The summed E-state index contributed by atoms with van der Waals surface area (Å²) >= 11 is 0. The summed E-state index contributed by atoms with van der Waals surface area (Å²) in [7, 11) is 0. The molecule has 0 spiro atoms. The minimum Gasteiger partial charge on any atom is -0.481 e. The topological polar surface area (TPSA) is 37.3 Å². The fraction of sp³-hybridized carbons (Fsp3) is 0.150. The Balaban J connectivity index is 0.000000315. The zero-order chi connectivity index (χ0) is 16.8. The van der Waals surface area contributed by atoms with Gasteiger partial charge >= 0.3 is 5.97 Å². The normalized spacial score (nSPS) is 8.45. The highest BCUT2D eigenvalue weighted by Gasteiger charge is 1.86. The zero-order valence-corrected chi connectivity index (χ0v) is 13.3. The number of carbonyl (C=O) groups is 1. The molecule has 2 aromatic carbocycles. The predicted octanol–water partition coefficient (Wildman–Crippen LogP) is 5.45. The van der Waals surface area contributed by atoms with Crippen LogP contribution in [0.15, 0.2) is 67.8 Å². The van der Waals surface area contributed by atoms with Crippen molar-refractivity contribution in [2.75, 3.05) is 0 Å². The highest BCUT2D eigenvalue weighted by molar-refractivity contribution is 5.66. The fourth-order valence-electron chi connectivity index (χ4n) is 1.40. The van der Waals surface area contributed by atoms with Crippen molar-refractivity contribution in [2.24, 2.45) is 0 Å². The van der Waals surface area contributed by atoms with Crippen LogP contribution in [-0.2, 0) is 4.79 Å². The Hall–Kier alpha value is -2.61. The lowest BCUT2D eigenvalue weighted by Gasteiger charge is -1.95. The average Bonchev–Trinajstić information content (AvgIpc) is 2.57. The highest BCUT2D eigenvalue weighted by atomic mass is 16.4. The van der Waals surface area contributed by atoms with E-state index in [1.54, 1.807) is 6.92 Å². The van der Waals surface area contributed by atoms with Crippen LogP contribution in [-0.4, -0.2) is 11.1 Å². The van der Waals surface area contributed by atoms with Crippen molar-refractivity contribution in [3.63, 3.8) is 0 Å². The molecule has 0 aliphatic carbocycles. The summed E-state index contributed by atoms with van der Waals surface area (Å²) in [6, 6.07) is 18.2. The molecule has 2 nitrogen and oxygen atoms in total. The molecule has 0 atom stereocenters. The van der Waals surface area contributed by atoms with Crippen LogP contribution < -0.4 is 0 Å². The summed E-state index contributed by atoms with van der Waals surface area (Å²) in [6.45, 7) is 11.0. The SMILES string of the molecule is C=Cc1ccccc1.C=Cc1ccccc1C.CCC(=O)O. The number of benzene rings is 2. The average molecular weight is 296 g/mol. The molecule has 0 radical (unpaired) electrons. The van der Waals surface area contributed by atoms with Crippen LogP contribution >= 0.6 is 0 Å². The van der Waals surface area contributed by atoms with Gasteiger partial charge in [0.05, 0.1) is 0 Å². The molecule has 0 fully saturated rings. The molecule has 0 aromatic heterocycles. The molecule has 1 N–H and O–H groups in total. The van der Waals surface area contributed by atoms with Crippen molar-refractivity contribution in [2.45, 2.75) is 20.3 Å². The monoisotopic (exact) mass is 296 g/mol. The molecule has 22 heavy (non-hydrogen) atoms. The lowest BCUT2D eigenvalue weighted by Crippen LogP contribution is -1.86. The molecule has 0 amide bonds. The molecule has 0 saturated heterocycles. The van der Waals surface area contributed by atoms with Crippen molar-refractivity contribution in [3.05, 3.63) is 84.4 Å². The highest BCUT2D eigenvalue weighted by Crippen LogP contribution is 2.06. The number of hydrogen-bond donors (Lipinski definition) is 1. The van der Waals surface area contributed by atoms with Gasteiger partial charge in [0.25, 0.3) is 0 Å². The quantitative estimate of drug-likeness (QED) is 0.817. The number of carboxylic acid groups (broad SMARTS) is 1. The molecular weight excluding hydrogens is 272 g/mol. The summed E-state index contributed by atoms with van der Waals surface area (Å²) in [6.07, 6.45) is 3.93. The number of carboxylic acids is 1. The van der Waals surface area contributed by atoms with E-state index in [4.69, 9.17) is 5.11 Å². The molecule has 0 heterocycles. The van der Waals surface area contributed by atoms with E-state index in [2.05, 4.69) is 32.2 Å². The summed E-state index contributed by atoms with van der Waals surface area (Å²) < 4.78 is 0. The van der Waals surface area contributed by atoms with Crippen LogP contribution in [0.25, 0.3) is 12.2 Å². The molecule has 2 aromatic rings. The van der Waals surface area contributed by atoms with E-state index in [0.717, 1.165) is 0 Å². The van der Waals surface area contributed by atoms with E-state index in [1.807, 2.05) is 54.6 Å². The van der Waals surface area contributed by atoms with Gasteiger partial charge in [0.15, 0.2) is 0 Å². The Morgan fingerprint density at radius 2 is 1.50 bits per heavy atom. The third kappa shape index (κ3) is 9.32. The lowest BCUT2D eigenvalue weighted by atomic mass is 10.1. The molecule has 2 rings (SSSR count). The van der Waals surface area contributed by atoms with Crippen LogP contribution in [0.5, 0.6) is 0 Å². The number of hydrogen-bond acceptors (Lipinski definition) is 1. The smallest absolute Gasteiger partial charge is 0.303 e. The number of rotatable bonds is 3. The molecule has 0 saturated carbocycles. The van der Waals surface area contributed by atoms with Gasteiger partial charge in [-0.1, -0.05) is 86.8 Å². The van der Waals surface area contributed by atoms with Gasteiger partial charge in [0.1, 0.15) is 0 Å². The van der Waals surface area contributed by atoms with E-state index < -0.39 is 5.97 Å². The molecule has 0 bridgehead atoms. The summed E-state index contributed by atoms with van der Waals surface area (Å²) in [5.41, 5.74) is 3.68. The summed E-state index contributed by atoms with van der Waals surface area (Å²) in [5, 5.41) is 7.72. The minimum atomic E-state index is -0.745. The van der Waals surface area contributed by atoms with Gasteiger partial charge < -0.3 is 5.11 Å². The predicted molar refractivity (Wildman–Crippen MR) is 95.7 cm³/mol. The molecule has 2 heteroatoms. The van der Waals surface area contributed by atoms with E-state index in [0.29, 0.717) is 0 Å². The molecule has 0 aliphatic heterocycles. The van der Waals surface area contributed by atoms with Gasteiger partial charge in [-0.2, -0.15) is 0 Å². The Kier molecular flexibility index (Phi) is 10.7. The largest absolute Gasteiger partial charge is 0.481 e. The maximum Gasteiger partial charge on any atom is 0.303 e.